The molecule has 4 saturated heterocycles. The number of aryl methyl sites for hydroxylation is 2. The Hall–Kier alpha value is -1.65. The largest absolute Gasteiger partial charge is 0.298 e. The minimum Gasteiger partial charge on any atom is -0.298 e. The monoisotopic (exact) mass is 350 g/mol. The highest BCUT2D eigenvalue weighted by Gasteiger charge is 2.53. The Morgan fingerprint density at radius 1 is 1.04 bits per heavy atom. The van der Waals surface area contributed by atoms with Gasteiger partial charge in [0.2, 0.25) is 0 Å². The summed E-state index contributed by atoms with van der Waals surface area (Å²) in [5.41, 5.74) is 5.59. The molecule has 1 aromatic heterocycles. The molecule has 0 spiro atoms. The van der Waals surface area contributed by atoms with Gasteiger partial charge in [-0.3, -0.25) is 14.5 Å². The number of piperidine rings is 3. The Morgan fingerprint density at radius 3 is 2.42 bits per heavy atom. The Kier molecular flexibility index (Phi) is 3.94. The summed E-state index contributed by atoms with van der Waals surface area (Å²) >= 11 is 0. The van der Waals surface area contributed by atoms with E-state index in [9.17, 15) is 0 Å². The minimum atomic E-state index is 0.640. The maximum absolute atomic E-state index is 4.48. The first kappa shape index (κ1) is 16.5. The molecule has 4 aliphatic rings. The van der Waals surface area contributed by atoms with Crippen LogP contribution in [0.4, 0.5) is 0 Å². The van der Waals surface area contributed by atoms with Gasteiger partial charge < -0.3 is 0 Å². The Balaban J connectivity index is 1.48. The van der Waals surface area contributed by atoms with Crippen molar-refractivity contribution in [2.24, 2.45) is 13.0 Å². The van der Waals surface area contributed by atoms with Gasteiger partial charge >= 0.3 is 0 Å². The van der Waals surface area contributed by atoms with Gasteiger partial charge in [-0.2, -0.15) is 5.10 Å². The molecule has 6 rings (SSSR count). The molecule has 3 atom stereocenters. The Bertz CT molecular complexity index is 785. The number of fused-ring (bicyclic) bond motifs is 2. The predicted octanol–water partition coefficient (Wildman–Crippen LogP) is 3.10. The molecule has 0 amide bonds. The molecule has 2 aromatic rings. The van der Waals surface area contributed by atoms with Gasteiger partial charge in [0.15, 0.2) is 0 Å². The van der Waals surface area contributed by atoms with Gasteiger partial charge in [0.25, 0.3) is 0 Å². The highest BCUT2D eigenvalue weighted by atomic mass is 15.3. The first-order valence-electron chi connectivity index (χ1n) is 10.1. The molecule has 4 nitrogen and oxygen atoms in total. The first-order valence-corrected chi connectivity index (χ1v) is 10.1. The van der Waals surface area contributed by atoms with Crippen molar-refractivity contribution in [3.05, 3.63) is 52.8 Å². The lowest BCUT2D eigenvalue weighted by Gasteiger charge is -2.51. The second-order valence-corrected chi connectivity index (χ2v) is 8.68. The van der Waals surface area contributed by atoms with Gasteiger partial charge in [-0.15, -0.1) is 0 Å². The summed E-state index contributed by atoms with van der Waals surface area (Å²) in [6.45, 7) is 9.21. The molecule has 26 heavy (non-hydrogen) atoms. The number of likely N-dealkylation sites (tertiary alicyclic amines) is 1. The van der Waals surface area contributed by atoms with Crippen LogP contribution in [0.15, 0.2) is 30.5 Å². The van der Waals surface area contributed by atoms with E-state index in [1.807, 2.05) is 4.68 Å². The van der Waals surface area contributed by atoms with E-state index < -0.39 is 0 Å². The molecule has 0 radical (unpaired) electrons. The zero-order chi connectivity index (χ0) is 17.8. The van der Waals surface area contributed by atoms with Gasteiger partial charge in [-0.25, -0.2) is 0 Å². The summed E-state index contributed by atoms with van der Waals surface area (Å²) < 4.78 is 2.01. The van der Waals surface area contributed by atoms with Crippen LogP contribution < -0.4 is 0 Å². The fourth-order valence-electron chi connectivity index (χ4n) is 5.75. The van der Waals surface area contributed by atoms with Crippen LogP contribution in [0.3, 0.4) is 0 Å². The summed E-state index contributed by atoms with van der Waals surface area (Å²) in [5, 5.41) is 4.48. The molecule has 0 N–H and O–H groups in total. The van der Waals surface area contributed by atoms with Crippen molar-refractivity contribution in [1.29, 1.82) is 0 Å². The molecular formula is C22H30N4. The maximum Gasteiger partial charge on any atom is 0.0537 e. The standard InChI is InChI=1S/C22H30N4/c1-15-4-6-17(7-5-15)20-14-26(13-19-12-23-24(3)16(19)2)21-18-8-10-25(11-9-18)22(20)21/h4-7,12,18,20-22H,8-11,13-14H2,1-3H3/t20-,21-,22-/m1/s1. The number of benzene rings is 1. The van der Waals surface area contributed by atoms with Crippen LogP contribution in [0.5, 0.6) is 0 Å². The summed E-state index contributed by atoms with van der Waals surface area (Å²) in [7, 11) is 2.05. The fraction of sp³-hybridized carbons (Fsp3) is 0.591. The fourth-order valence-corrected chi connectivity index (χ4v) is 5.75. The van der Waals surface area contributed by atoms with Crippen molar-refractivity contribution >= 4 is 0 Å². The van der Waals surface area contributed by atoms with Crippen molar-refractivity contribution in [1.82, 2.24) is 19.6 Å². The molecule has 0 saturated carbocycles. The van der Waals surface area contributed by atoms with Crippen molar-refractivity contribution in [2.45, 2.75) is 51.2 Å². The van der Waals surface area contributed by atoms with E-state index in [4.69, 9.17) is 0 Å². The van der Waals surface area contributed by atoms with Crippen LogP contribution in [0, 0.1) is 19.8 Å². The van der Waals surface area contributed by atoms with E-state index in [0.717, 1.165) is 12.5 Å². The average molecular weight is 351 g/mol. The SMILES string of the molecule is Cc1ccc([C@H]2CN(Cc3cnn(C)c3C)[C@@H]3C4CCN(CC4)[C@H]23)cc1. The molecule has 1 aromatic carbocycles. The van der Waals surface area contributed by atoms with Gasteiger partial charge in [0.05, 0.1) is 6.20 Å². The lowest BCUT2D eigenvalue weighted by Crippen LogP contribution is -2.59. The van der Waals surface area contributed by atoms with Crippen LogP contribution in [0.25, 0.3) is 0 Å². The molecule has 0 unspecified atom stereocenters. The molecule has 4 aliphatic heterocycles. The lowest BCUT2D eigenvalue weighted by atomic mass is 9.75. The Morgan fingerprint density at radius 2 is 1.77 bits per heavy atom. The van der Waals surface area contributed by atoms with Crippen LogP contribution in [0.1, 0.15) is 41.1 Å². The summed E-state index contributed by atoms with van der Waals surface area (Å²) in [6, 6.07) is 10.7. The van der Waals surface area contributed by atoms with E-state index in [1.165, 1.54) is 54.9 Å². The van der Waals surface area contributed by atoms with Crippen LogP contribution in [0.2, 0.25) is 0 Å². The zero-order valence-corrected chi connectivity index (χ0v) is 16.2. The minimum absolute atomic E-state index is 0.640. The van der Waals surface area contributed by atoms with Crippen LogP contribution in [-0.4, -0.2) is 51.3 Å². The molecule has 0 aliphatic carbocycles. The number of hydrogen-bond acceptors (Lipinski definition) is 3. The number of aromatic nitrogens is 2. The van der Waals surface area contributed by atoms with E-state index in [-0.39, 0.29) is 0 Å². The third-order valence-electron chi connectivity index (χ3n) is 7.31. The van der Waals surface area contributed by atoms with Gasteiger partial charge in [0.1, 0.15) is 0 Å². The molecule has 2 bridgehead atoms. The summed E-state index contributed by atoms with van der Waals surface area (Å²) in [4.78, 5) is 5.58. The lowest BCUT2D eigenvalue weighted by molar-refractivity contribution is -0.00873. The molecule has 4 fully saturated rings. The smallest absolute Gasteiger partial charge is 0.0537 e. The number of hydrogen-bond donors (Lipinski definition) is 0. The zero-order valence-electron chi connectivity index (χ0n) is 16.2. The van der Waals surface area contributed by atoms with E-state index in [2.05, 4.69) is 66.3 Å². The summed E-state index contributed by atoms with van der Waals surface area (Å²) in [5.74, 6) is 1.51. The third-order valence-corrected chi connectivity index (χ3v) is 7.31. The second kappa shape index (κ2) is 6.21. The topological polar surface area (TPSA) is 24.3 Å². The molecule has 138 valence electrons. The van der Waals surface area contributed by atoms with E-state index >= 15 is 0 Å². The van der Waals surface area contributed by atoms with Crippen molar-refractivity contribution < 1.29 is 0 Å². The van der Waals surface area contributed by atoms with E-state index in [1.54, 1.807) is 0 Å². The van der Waals surface area contributed by atoms with Crippen LogP contribution in [-0.2, 0) is 13.6 Å². The van der Waals surface area contributed by atoms with Crippen molar-refractivity contribution in [3.8, 4) is 0 Å². The molecule has 4 heteroatoms. The van der Waals surface area contributed by atoms with Gasteiger partial charge in [0, 0.05) is 49.4 Å². The highest BCUT2D eigenvalue weighted by molar-refractivity contribution is 5.30. The average Bonchev–Trinajstić information content (AvgIpc) is 3.21. The highest BCUT2D eigenvalue weighted by Crippen LogP contribution is 2.47. The first-order chi connectivity index (χ1) is 12.6. The van der Waals surface area contributed by atoms with Crippen molar-refractivity contribution in [3.63, 3.8) is 0 Å². The summed E-state index contributed by atoms with van der Waals surface area (Å²) in [6.07, 6.45) is 4.83. The molecule has 5 heterocycles. The quantitative estimate of drug-likeness (QED) is 0.850. The normalized spacial score (nSPS) is 33.6. The third kappa shape index (κ3) is 2.54. The van der Waals surface area contributed by atoms with Crippen LogP contribution >= 0.6 is 0 Å². The number of rotatable bonds is 3. The Labute approximate surface area is 156 Å². The van der Waals surface area contributed by atoms with Crippen molar-refractivity contribution in [2.75, 3.05) is 19.6 Å². The van der Waals surface area contributed by atoms with Gasteiger partial charge in [-0.1, -0.05) is 29.8 Å². The predicted molar refractivity (Wildman–Crippen MR) is 104 cm³/mol. The van der Waals surface area contributed by atoms with E-state index in [0.29, 0.717) is 18.0 Å². The van der Waals surface area contributed by atoms with Gasteiger partial charge in [-0.05, 0) is 51.3 Å². The second-order valence-electron chi connectivity index (χ2n) is 8.68. The molecular weight excluding hydrogens is 320 g/mol. The maximum atomic E-state index is 4.48. The number of nitrogens with zero attached hydrogens (tertiary/aromatic N) is 4.